The maximum atomic E-state index is 11.1. The monoisotopic (exact) mass is 314 g/mol. The molecule has 0 bridgehead atoms. The normalized spacial score (nSPS) is 11.7. The highest BCUT2D eigenvalue weighted by atomic mass is 16.5. The number of ether oxygens (including phenoxy) is 1. The van der Waals surface area contributed by atoms with Crippen molar-refractivity contribution in [3.8, 4) is 5.75 Å². The molecule has 5 nitrogen and oxygen atoms in total. The molecule has 0 saturated carbocycles. The van der Waals surface area contributed by atoms with Crippen molar-refractivity contribution < 1.29 is 14.6 Å². The summed E-state index contributed by atoms with van der Waals surface area (Å²) in [6, 6.07) is 16.9. The number of primary amides is 1. The molecule has 0 radical (unpaired) electrons. The second-order valence-electron chi connectivity index (χ2n) is 5.29. The number of benzene rings is 2. The number of aliphatic hydroxyl groups is 1. The number of rotatable bonds is 8. The summed E-state index contributed by atoms with van der Waals surface area (Å²) >= 11 is 0. The molecule has 23 heavy (non-hydrogen) atoms. The Morgan fingerprint density at radius 2 is 1.83 bits per heavy atom. The molecule has 0 aliphatic carbocycles. The smallest absolute Gasteiger partial charge is 0.219 e. The fourth-order valence-electron chi connectivity index (χ4n) is 2.35. The van der Waals surface area contributed by atoms with Crippen LogP contribution >= 0.6 is 0 Å². The minimum absolute atomic E-state index is 0.230. The van der Waals surface area contributed by atoms with Crippen LogP contribution in [-0.2, 0) is 4.79 Å². The number of methoxy groups -OCH3 is 1. The van der Waals surface area contributed by atoms with Gasteiger partial charge in [0, 0.05) is 25.2 Å². The van der Waals surface area contributed by atoms with Crippen LogP contribution in [-0.4, -0.2) is 31.2 Å². The minimum Gasteiger partial charge on any atom is -0.497 e. The van der Waals surface area contributed by atoms with Crippen molar-refractivity contribution in [2.75, 3.05) is 25.1 Å². The van der Waals surface area contributed by atoms with Crippen LogP contribution in [0.1, 0.15) is 18.1 Å². The third kappa shape index (κ3) is 5.00. The Bertz CT molecular complexity index is 614. The minimum atomic E-state index is -0.647. The van der Waals surface area contributed by atoms with Crippen molar-refractivity contribution in [1.29, 1.82) is 0 Å². The molecule has 0 aromatic heterocycles. The highest BCUT2D eigenvalue weighted by molar-refractivity contribution is 5.74. The van der Waals surface area contributed by atoms with E-state index in [9.17, 15) is 9.90 Å². The number of nitrogens with zero attached hydrogens (tertiary/aromatic N) is 1. The molecular weight excluding hydrogens is 292 g/mol. The quantitative estimate of drug-likeness (QED) is 0.782. The van der Waals surface area contributed by atoms with Gasteiger partial charge in [-0.15, -0.1) is 0 Å². The summed E-state index contributed by atoms with van der Waals surface area (Å²) < 4.78 is 5.16. The van der Waals surface area contributed by atoms with E-state index in [0.29, 0.717) is 13.1 Å². The predicted molar refractivity (Wildman–Crippen MR) is 90.4 cm³/mol. The lowest BCUT2D eigenvalue weighted by molar-refractivity contribution is -0.117. The van der Waals surface area contributed by atoms with E-state index in [2.05, 4.69) is 0 Å². The van der Waals surface area contributed by atoms with Crippen LogP contribution in [0.25, 0.3) is 0 Å². The van der Waals surface area contributed by atoms with Crippen molar-refractivity contribution >= 4 is 11.6 Å². The van der Waals surface area contributed by atoms with E-state index in [0.717, 1.165) is 17.0 Å². The summed E-state index contributed by atoms with van der Waals surface area (Å²) in [5, 5.41) is 10.4. The lowest BCUT2D eigenvalue weighted by Gasteiger charge is -2.27. The first-order valence-corrected chi connectivity index (χ1v) is 7.50. The average Bonchev–Trinajstić information content (AvgIpc) is 2.59. The number of hydrogen-bond donors (Lipinski definition) is 2. The first-order valence-electron chi connectivity index (χ1n) is 7.50. The number of amides is 1. The second kappa shape index (κ2) is 8.19. The zero-order chi connectivity index (χ0) is 16.7. The van der Waals surface area contributed by atoms with Gasteiger partial charge >= 0.3 is 0 Å². The Labute approximate surface area is 136 Å². The van der Waals surface area contributed by atoms with Crippen molar-refractivity contribution in [3.05, 3.63) is 60.2 Å². The molecule has 5 heteroatoms. The standard InChI is InChI=1S/C18H22N2O3/c1-23-16-9-7-15(8-10-16)20(12-11-18(19)22)13-17(21)14-5-3-2-4-6-14/h2-10,17,21H,11-13H2,1H3,(H2,19,22). The van der Waals surface area contributed by atoms with Gasteiger partial charge < -0.3 is 20.5 Å². The highest BCUT2D eigenvalue weighted by Gasteiger charge is 2.15. The van der Waals surface area contributed by atoms with E-state index in [1.54, 1.807) is 7.11 Å². The molecule has 122 valence electrons. The van der Waals surface area contributed by atoms with Gasteiger partial charge in [0.2, 0.25) is 5.91 Å². The Kier molecular flexibility index (Phi) is 6.00. The zero-order valence-corrected chi connectivity index (χ0v) is 13.2. The number of carbonyl (C=O) groups is 1. The summed E-state index contributed by atoms with van der Waals surface area (Å²) in [4.78, 5) is 13.1. The number of anilines is 1. The maximum absolute atomic E-state index is 11.1. The van der Waals surface area contributed by atoms with E-state index in [1.807, 2.05) is 59.5 Å². The molecule has 0 fully saturated rings. The van der Waals surface area contributed by atoms with Crippen LogP contribution in [0.4, 0.5) is 5.69 Å². The first kappa shape index (κ1) is 16.8. The van der Waals surface area contributed by atoms with Crippen molar-refractivity contribution in [3.63, 3.8) is 0 Å². The van der Waals surface area contributed by atoms with Gasteiger partial charge in [-0.2, -0.15) is 0 Å². The number of aliphatic hydroxyl groups excluding tert-OH is 1. The second-order valence-corrected chi connectivity index (χ2v) is 5.29. The third-order valence-electron chi connectivity index (χ3n) is 3.64. The molecule has 1 unspecified atom stereocenters. The van der Waals surface area contributed by atoms with Gasteiger partial charge in [0.15, 0.2) is 0 Å². The molecule has 2 rings (SSSR count). The van der Waals surface area contributed by atoms with Gasteiger partial charge in [0.1, 0.15) is 5.75 Å². The molecule has 2 aromatic rings. The predicted octanol–water partition coefficient (Wildman–Crippen LogP) is 2.11. The molecule has 0 spiro atoms. The maximum Gasteiger partial charge on any atom is 0.219 e. The zero-order valence-electron chi connectivity index (χ0n) is 13.2. The molecule has 0 aliphatic heterocycles. The topological polar surface area (TPSA) is 75.8 Å². The number of nitrogens with two attached hydrogens (primary N) is 1. The lowest BCUT2D eigenvalue weighted by atomic mass is 10.1. The van der Waals surface area contributed by atoms with Crippen LogP contribution in [0.15, 0.2) is 54.6 Å². The molecular formula is C18H22N2O3. The average molecular weight is 314 g/mol. The number of hydrogen-bond acceptors (Lipinski definition) is 4. The summed E-state index contributed by atoms with van der Waals surface area (Å²) in [7, 11) is 1.61. The van der Waals surface area contributed by atoms with Crippen LogP contribution < -0.4 is 15.4 Å². The first-order chi connectivity index (χ1) is 11.1. The van der Waals surface area contributed by atoms with Crippen LogP contribution in [0.3, 0.4) is 0 Å². The molecule has 0 heterocycles. The Hall–Kier alpha value is -2.53. The highest BCUT2D eigenvalue weighted by Crippen LogP contribution is 2.22. The lowest BCUT2D eigenvalue weighted by Crippen LogP contribution is -2.32. The SMILES string of the molecule is COc1ccc(N(CCC(N)=O)CC(O)c2ccccc2)cc1. The fourth-order valence-corrected chi connectivity index (χ4v) is 2.35. The van der Waals surface area contributed by atoms with Crippen molar-refractivity contribution in [2.24, 2.45) is 5.73 Å². The van der Waals surface area contributed by atoms with Gasteiger partial charge in [0.25, 0.3) is 0 Å². The Morgan fingerprint density at radius 1 is 1.17 bits per heavy atom. The molecule has 0 saturated heterocycles. The van der Waals surface area contributed by atoms with Gasteiger partial charge in [-0.25, -0.2) is 0 Å². The molecule has 0 aliphatic rings. The van der Waals surface area contributed by atoms with Crippen LogP contribution in [0.5, 0.6) is 5.75 Å². The van der Waals surface area contributed by atoms with Gasteiger partial charge in [-0.05, 0) is 29.8 Å². The molecule has 2 aromatic carbocycles. The largest absolute Gasteiger partial charge is 0.497 e. The van der Waals surface area contributed by atoms with Crippen LogP contribution in [0.2, 0.25) is 0 Å². The molecule has 3 N–H and O–H groups in total. The van der Waals surface area contributed by atoms with Crippen molar-refractivity contribution in [1.82, 2.24) is 0 Å². The summed E-state index contributed by atoms with van der Waals surface area (Å²) in [5.74, 6) is 0.393. The van der Waals surface area contributed by atoms with E-state index < -0.39 is 6.10 Å². The van der Waals surface area contributed by atoms with E-state index >= 15 is 0 Å². The van der Waals surface area contributed by atoms with E-state index in [4.69, 9.17) is 10.5 Å². The van der Waals surface area contributed by atoms with Gasteiger partial charge in [-0.1, -0.05) is 30.3 Å². The Balaban J connectivity index is 2.14. The Morgan fingerprint density at radius 3 is 2.39 bits per heavy atom. The summed E-state index contributed by atoms with van der Waals surface area (Å²) in [6.07, 6.45) is -0.417. The fraction of sp³-hybridized carbons (Fsp3) is 0.278. The van der Waals surface area contributed by atoms with Gasteiger partial charge in [-0.3, -0.25) is 4.79 Å². The van der Waals surface area contributed by atoms with E-state index in [1.165, 1.54) is 0 Å². The van der Waals surface area contributed by atoms with E-state index in [-0.39, 0.29) is 12.3 Å². The van der Waals surface area contributed by atoms with Crippen LogP contribution in [0, 0.1) is 0 Å². The summed E-state index contributed by atoms with van der Waals surface area (Å²) in [6.45, 7) is 0.829. The molecule has 1 atom stereocenters. The summed E-state index contributed by atoms with van der Waals surface area (Å²) in [5.41, 5.74) is 7.00. The van der Waals surface area contributed by atoms with Gasteiger partial charge in [0.05, 0.1) is 13.2 Å². The number of carbonyl (C=O) groups excluding carboxylic acids is 1. The van der Waals surface area contributed by atoms with Crippen molar-refractivity contribution in [2.45, 2.75) is 12.5 Å². The molecule has 1 amide bonds. The third-order valence-corrected chi connectivity index (χ3v) is 3.64.